The molecule has 2 saturated carbocycles. The lowest BCUT2D eigenvalue weighted by Crippen LogP contribution is -2.63. The first-order valence-corrected chi connectivity index (χ1v) is 14.7. The van der Waals surface area contributed by atoms with Crippen molar-refractivity contribution >= 4 is 17.5 Å². The van der Waals surface area contributed by atoms with E-state index in [0.717, 1.165) is 67.3 Å². The van der Waals surface area contributed by atoms with Crippen molar-refractivity contribution in [3.63, 3.8) is 0 Å². The first kappa shape index (κ1) is 25.9. The van der Waals surface area contributed by atoms with E-state index in [9.17, 15) is 9.59 Å². The third-order valence-corrected chi connectivity index (χ3v) is 9.46. The van der Waals surface area contributed by atoms with Crippen LogP contribution in [0, 0.1) is 32.6 Å². The zero-order valence-electron chi connectivity index (χ0n) is 23.5. The molecule has 3 aromatic rings. The molecule has 0 heterocycles. The molecule has 39 heavy (non-hydrogen) atoms. The van der Waals surface area contributed by atoms with Gasteiger partial charge in [-0.05, 0) is 105 Å². The summed E-state index contributed by atoms with van der Waals surface area (Å²) < 4.78 is 0. The highest BCUT2D eigenvalue weighted by molar-refractivity contribution is 6.02. The molecule has 0 aromatic heterocycles. The van der Waals surface area contributed by atoms with Crippen LogP contribution in [0.2, 0.25) is 0 Å². The molecule has 4 heteroatoms. The molecular weight excluding hydrogens is 480 g/mol. The Bertz CT molecular complexity index is 1370. The monoisotopic (exact) mass is 520 g/mol. The highest BCUT2D eigenvalue weighted by Gasteiger charge is 2.55. The predicted molar refractivity (Wildman–Crippen MR) is 157 cm³/mol. The van der Waals surface area contributed by atoms with Gasteiger partial charge < -0.3 is 10.2 Å². The van der Waals surface area contributed by atoms with Crippen molar-refractivity contribution in [3.05, 3.63) is 100 Å². The van der Waals surface area contributed by atoms with Gasteiger partial charge in [0.1, 0.15) is 5.54 Å². The zero-order valence-corrected chi connectivity index (χ0v) is 23.5. The molecule has 3 atom stereocenters. The smallest absolute Gasteiger partial charge is 0.250 e. The van der Waals surface area contributed by atoms with Crippen LogP contribution in [-0.2, 0) is 28.9 Å². The first-order chi connectivity index (χ1) is 18.8. The molecule has 1 N–H and O–H groups in total. The summed E-state index contributed by atoms with van der Waals surface area (Å²) >= 11 is 0. The van der Waals surface area contributed by atoms with Crippen molar-refractivity contribution in [1.29, 1.82) is 0 Å². The summed E-state index contributed by atoms with van der Waals surface area (Å²) in [5.41, 5.74) is 7.28. The Balaban J connectivity index is 1.37. The van der Waals surface area contributed by atoms with Crippen molar-refractivity contribution in [2.75, 3.05) is 5.32 Å². The maximum atomic E-state index is 14.6. The predicted octanol–water partition coefficient (Wildman–Crippen LogP) is 6.74. The Morgan fingerprint density at radius 1 is 0.846 bits per heavy atom. The van der Waals surface area contributed by atoms with Gasteiger partial charge in [0.15, 0.2) is 0 Å². The summed E-state index contributed by atoms with van der Waals surface area (Å²) in [6, 6.07) is 23.2. The number of carbonyl (C=O) groups is 2. The van der Waals surface area contributed by atoms with Gasteiger partial charge in [0.25, 0.3) is 0 Å². The van der Waals surface area contributed by atoms with Gasteiger partial charge >= 0.3 is 0 Å². The van der Waals surface area contributed by atoms with Gasteiger partial charge in [-0.25, -0.2) is 0 Å². The molecule has 2 amide bonds. The summed E-state index contributed by atoms with van der Waals surface area (Å²) in [4.78, 5) is 30.8. The van der Waals surface area contributed by atoms with E-state index in [0.29, 0.717) is 18.3 Å². The van der Waals surface area contributed by atoms with Gasteiger partial charge in [-0.1, -0.05) is 72.3 Å². The van der Waals surface area contributed by atoms with Gasteiger partial charge in [-0.3, -0.25) is 9.59 Å². The molecule has 0 radical (unpaired) electrons. The van der Waals surface area contributed by atoms with Crippen LogP contribution in [0.4, 0.5) is 5.69 Å². The number of fused-ring (bicyclic) bond motifs is 2. The maximum absolute atomic E-state index is 14.6. The van der Waals surface area contributed by atoms with E-state index in [1.807, 2.05) is 30.3 Å². The van der Waals surface area contributed by atoms with Crippen LogP contribution < -0.4 is 5.32 Å². The quantitative estimate of drug-likeness (QED) is 0.391. The molecule has 3 unspecified atom stereocenters. The van der Waals surface area contributed by atoms with Crippen LogP contribution in [-0.4, -0.2) is 28.3 Å². The molecule has 0 spiro atoms. The standard InChI is InChI=1S/C35H40N2O2/c1-23-17-24(2)33(25(3)18-23)36-34(39)35(37(31-13-14-31)32(38)19-26-9-5-4-6-10-26)16-15-29-20-27-11-7-8-12-28(27)21-30(29)22-35/h4-12,17-18,29-31H,13-16,19-22H2,1-3H3,(H,36,39). The van der Waals surface area contributed by atoms with E-state index >= 15 is 0 Å². The lowest BCUT2D eigenvalue weighted by Gasteiger charge is -2.51. The normalized spacial score (nSPS) is 23.9. The molecule has 3 aliphatic carbocycles. The Kier molecular flexibility index (Phi) is 6.82. The number of nitrogens with one attached hydrogen (secondary N) is 1. The van der Waals surface area contributed by atoms with Crippen LogP contribution >= 0.6 is 0 Å². The van der Waals surface area contributed by atoms with Crippen LogP contribution in [0.3, 0.4) is 0 Å². The molecule has 0 saturated heterocycles. The van der Waals surface area contributed by atoms with E-state index in [-0.39, 0.29) is 17.9 Å². The maximum Gasteiger partial charge on any atom is 0.250 e. The molecule has 0 bridgehead atoms. The first-order valence-electron chi connectivity index (χ1n) is 14.7. The summed E-state index contributed by atoms with van der Waals surface area (Å²) in [6.45, 7) is 6.22. The van der Waals surface area contributed by atoms with Crippen molar-refractivity contribution in [3.8, 4) is 0 Å². The van der Waals surface area contributed by atoms with Crippen molar-refractivity contribution in [2.45, 2.75) is 83.7 Å². The summed E-state index contributed by atoms with van der Waals surface area (Å²) in [5, 5.41) is 3.38. The molecule has 202 valence electrons. The number of carbonyl (C=O) groups excluding carboxylic acids is 2. The van der Waals surface area contributed by atoms with Gasteiger partial charge in [0.05, 0.1) is 6.42 Å². The molecule has 3 aliphatic rings. The minimum absolute atomic E-state index is 0.00294. The average Bonchev–Trinajstić information content (AvgIpc) is 3.75. The Labute approximate surface area is 232 Å². The molecule has 4 nitrogen and oxygen atoms in total. The highest BCUT2D eigenvalue weighted by atomic mass is 16.2. The van der Waals surface area contributed by atoms with E-state index in [4.69, 9.17) is 0 Å². The number of nitrogens with zero attached hydrogens (tertiary/aromatic N) is 1. The number of amides is 2. The topological polar surface area (TPSA) is 49.4 Å². The number of hydrogen-bond donors (Lipinski definition) is 1. The van der Waals surface area contributed by atoms with Crippen molar-refractivity contribution < 1.29 is 9.59 Å². The van der Waals surface area contributed by atoms with Gasteiger partial charge in [-0.15, -0.1) is 0 Å². The SMILES string of the molecule is Cc1cc(C)c(NC(=O)C2(N(C(=O)Cc3ccccc3)C3CC3)CCC3Cc4ccccc4CC3C2)c(C)c1. The van der Waals surface area contributed by atoms with Gasteiger partial charge in [0, 0.05) is 11.7 Å². The number of aryl methyl sites for hydroxylation is 3. The van der Waals surface area contributed by atoms with E-state index in [1.165, 1.54) is 16.7 Å². The summed E-state index contributed by atoms with van der Waals surface area (Å²) in [6.07, 6.45) is 6.80. The number of benzene rings is 3. The Hall–Kier alpha value is -3.40. The third-order valence-electron chi connectivity index (χ3n) is 9.46. The number of rotatable bonds is 6. The molecule has 2 fully saturated rings. The zero-order chi connectivity index (χ0) is 27.1. The minimum atomic E-state index is -0.829. The fraction of sp³-hybridized carbons (Fsp3) is 0.429. The Morgan fingerprint density at radius 3 is 2.10 bits per heavy atom. The van der Waals surface area contributed by atoms with E-state index < -0.39 is 5.54 Å². The average molecular weight is 521 g/mol. The molecule has 6 rings (SSSR count). The van der Waals surface area contributed by atoms with Gasteiger partial charge in [-0.2, -0.15) is 0 Å². The fourth-order valence-corrected chi connectivity index (χ4v) is 7.51. The Morgan fingerprint density at radius 2 is 1.46 bits per heavy atom. The number of hydrogen-bond acceptors (Lipinski definition) is 2. The van der Waals surface area contributed by atoms with Crippen molar-refractivity contribution in [1.82, 2.24) is 4.90 Å². The largest absolute Gasteiger partial charge is 0.325 e. The molecule has 3 aromatic carbocycles. The second-order valence-corrected chi connectivity index (χ2v) is 12.4. The van der Waals surface area contributed by atoms with Gasteiger partial charge in [0.2, 0.25) is 11.8 Å². The lowest BCUT2D eigenvalue weighted by atomic mass is 9.62. The molecule has 0 aliphatic heterocycles. The van der Waals surface area contributed by atoms with Crippen LogP contribution in [0.5, 0.6) is 0 Å². The molecular formula is C35H40N2O2. The second-order valence-electron chi connectivity index (χ2n) is 12.4. The van der Waals surface area contributed by atoms with E-state index in [1.54, 1.807) is 0 Å². The third kappa shape index (κ3) is 5.02. The van der Waals surface area contributed by atoms with Crippen LogP contribution in [0.1, 0.15) is 65.5 Å². The second kappa shape index (κ2) is 10.3. The van der Waals surface area contributed by atoms with Crippen LogP contribution in [0.25, 0.3) is 0 Å². The fourth-order valence-electron chi connectivity index (χ4n) is 7.51. The van der Waals surface area contributed by atoms with Crippen LogP contribution in [0.15, 0.2) is 66.7 Å². The highest BCUT2D eigenvalue weighted by Crippen LogP contribution is 2.49. The van der Waals surface area contributed by atoms with Crippen molar-refractivity contribution in [2.24, 2.45) is 11.8 Å². The minimum Gasteiger partial charge on any atom is -0.325 e. The lowest BCUT2D eigenvalue weighted by molar-refractivity contribution is -0.150. The number of anilines is 1. The summed E-state index contributed by atoms with van der Waals surface area (Å²) in [5.74, 6) is 1.05. The summed E-state index contributed by atoms with van der Waals surface area (Å²) in [7, 11) is 0. The van der Waals surface area contributed by atoms with E-state index in [2.05, 4.69) is 67.4 Å².